The third-order valence-corrected chi connectivity index (χ3v) is 4.48. The van der Waals surface area contributed by atoms with E-state index in [-0.39, 0.29) is 6.04 Å². The molecule has 0 fully saturated rings. The van der Waals surface area contributed by atoms with Crippen LogP contribution in [0.5, 0.6) is 0 Å². The van der Waals surface area contributed by atoms with Crippen LogP contribution in [0.4, 0.5) is 0 Å². The van der Waals surface area contributed by atoms with E-state index >= 15 is 0 Å². The standard InChI is InChI=1S/C11H10BrNOS/c12-11-8(3-6-15-11)10-7-2-5-14-9(7)1-4-13-10/h2-3,5-6,10,13H,1,4H2. The maximum absolute atomic E-state index is 5.47. The van der Waals surface area contributed by atoms with Crippen molar-refractivity contribution >= 4 is 27.3 Å². The third-order valence-electron chi connectivity index (χ3n) is 2.75. The van der Waals surface area contributed by atoms with Gasteiger partial charge in [0.25, 0.3) is 0 Å². The molecular weight excluding hydrogens is 274 g/mol. The first-order valence-electron chi connectivity index (χ1n) is 4.89. The van der Waals surface area contributed by atoms with Gasteiger partial charge in [-0.2, -0.15) is 0 Å². The monoisotopic (exact) mass is 283 g/mol. The number of thiophene rings is 1. The van der Waals surface area contributed by atoms with Crippen molar-refractivity contribution in [2.75, 3.05) is 6.54 Å². The zero-order valence-corrected chi connectivity index (χ0v) is 10.4. The van der Waals surface area contributed by atoms with Crippen LogP contribution in [-0.4, -0.2) is 6.54 Å². The maximum atomic E-state index is 5.47. The number of hydrogen-bond donors (Lipinski definition) is 1. The van der Waals surface area contributed by atoms with E-state index < -0.39 is 0 Å². The van der Waals surface area contributed by atoms with Gasteiger partial charge < -0.3 is 9.73 Å². The van der Waals surface area contributed by atoms with E-state index in [1.54, 1.807) is 17.6 Å². The smallest absolute Gasteiger partial charge is 0.110 e. The van der Waals surface area contributed by atoms with Crippen molar-refractivity contribution in [1.82, 2.24) is 5.32 Å². The Morgan fingerprint density at radius 1 is 1.40 bits per heavy atom. The van der Waals surface area contributed by atoms with Gasteiger partial charge in [-0.05, 0) is 39.0 Å². The normalized spacial score (nSPS) is 20.2. The predicted molar refractivity (Wildman–Crippen MR) is 64.3 cm³/mol. The predicted octanol–water partition coefficient (Wildman–Crippen LogP) is 3.34. The number of nitrogens with one attached hydrogen (secondary N) is 1. The molecule has 0 aromatic carbocycles. The molecule has 3 rings (SSSR count). The molecule has 1 unspecified atom stereocenters. The molecule has 0 saturated carbocycles. The summed E-state index contributed by atoms with van der Waals surface area (Å²) in [5.74, 6) is 1.12. The van der Waals surface area contributed by atoms with Crippen LogP contribution in [0.15, 0.2) is 32.0 Å². The minimum atomic E-state index is 0.285. The summed E-state index contributed by atoms with van der Waals surface area (Å²) < 4.78 is 6.68. The lowest BCUT2D eigenvalue weighted by molar-refractivity contribution is 0.456. The SMILES string of the molecule is Brc1sccc1C1NCCc2occc21. The first-order valence-corrected chi connectivity index (χ1v) is 6.56. The molecule has 1 aliphatic heterocycles. The van der Waals surface area contributed by atoms with Crippen LogP contribution in [0.1, 0.15) is 22.9 Å². The molecule has 2 nitrogen and oxygen atoms in total. The molecule has 4 heteroatoms. The number of rotatable bonds is 1. The van der Waals surface area contributed by atoms with Crippen LogP contribution >= 0.6 is 27.3 Å². The molecule has 0 spiro atoms. The topological polar surface area (TPSA) is 25.2 Å². The maximum Gasteiger partial charge on any atom is 0.110 e. The Hall–Kier alpha value is -0.580. The molecular formula is C11H10BrNOS. The minimum Gasteiger partial charge on any atom is -0.469 e. The van der Waals surface area contributed by atoms with Gasteiger partial charge in [0.1, 0.15) is 5.76 Å². The summed E-state index contributed by atoms with van der Waals surface area (Å²) in [6.45, 7) is 0.980. The van der Waals surface area contributed by atoms with Crippen molar-refractivity contribution in [2.24, 2.45) is 0 Å². The van der Waals surface area contributed by atoms with Gasteiger partial charge >= 0.3 is 0 Å². The van der Waals surface area contributed by atoms with Crippen LogP contribution in [0, 0.1) is 0 Å². The van der Waals surface area contributed by atoms with Crippen molar-refractivity contribution < 1.29 is 4.42 Å². The molecule has 2 aromatic heterocycles. The van der Waals surface area contributed by atoms with Gasteiger partial charge in [0, 0.05) is 18.5 Å². The fourth-order valence-electron chi connectivity index (χ4n) is 2.04. The Balaban J connectivity index is 2.07. The summed E-state index contributed by atoms with van der Waals surface area (Å²) >= 11 is 5.31. The molecule has 0 radical (unpaired) electrons. The van der Waals surface area contributed by atoms with Crippen molar-refractivity contribution in [3.63, 3.8) is 0 Å². The van der Waals surface area contributed by atoms with E-state index in [0.717, 1.165) is 18.7 Å². The van der Waals surface area contributed by atoms with Gasteiger partial charge in [0.2, 0.25) is 0 Å². The highest BCUT2D eigenvalue weighted by atomic mass is 79.9. The average Bonchev–Trinajstić information content (AvgIpc) is 2.85. The summed E-state index contributed by atoms with van der Waals surface area (Å²) in [6, 6.07) is 4.51. The number of halogens is 1. The Morgan fingerprint density at radius 2 is 2.33 bits per heavy atom. The van der Waals surface area contributed by atoms with Crippen LogP contribution in [-0.2, 0) is 6.42 Å². The van der Waals surface area contributed by atoms with Crippen molar-refractivity contribution in [2.45, 2.75) is 12.5 Å². The van der Waals surface area contributed by atoms with Crippen molar-refractivity contribution in [1.29, 1.82) is 0 Å². The van der Waals surface area contributed by atoms with E-state index in [1.807, 2.05) is 0 Å². The molecule has 0 amide bonds. The fourth-order valence-corrected chi connectivity index (χ4v) is 3.38. The highest BCUT2D eigenvalue weighted by Crippen LogP contribution is 2.35. The zero-order chi connectivity index (χ0) is 10.3. The number of fused-ring (bicyclic) bond motifs is 1. The first-order chi connectivity index (χ1) is 7.36. The van der Waals surface area contributed by atoms with Gasteiger partial charge in [-0.25, -0.2) is 0 Å². The van der Waals surface area contributed by atoms with Crippen LogP contribution in [0.2, 0.25) is 0 Å². The number of furan rings is 1. The lowest BCUT2D eigenvalue weighted by Crippen LogP contribution is -2.29. The Kier molecular flexibility index (Phi) is 2.42. The Labute approximate surface area is 100 Å². The Bertz CT molecular complexity index is 476. The second kappa shape index (κ2) is 3.77. The average molecular weight is 284 g/mol. The van der Waals surface area contributed by atoms with E-state index in [1.165, 1.54) is 14.9 Å². The van der Waals surface area contributed by atoms with Crippen LogP contribution < -0.4 is 5.32 Å². The zero-order valence-electron chi connectivity index (χ0n) is 8.00. The summed E-state index contributed by atoms with van der Waals surface area (Å²) in [7, 11) is 0. The third kappa shape index (κ3) is 1.57. The highest BCUT2D eigenvalue weighted by molar-refractivity contribution is 9.11. The first kappa shape index (κ1) is 9.63. The molecule has 0 bridgehead atoms. The lowest BCUT2D eigenvalue weighted by Gasteiger charge is -2.23. The molecule has 1 aliphatic rings. The molecule has 1 atom stereocenters. The van der Waals surface area contributed by atoms with Crippen LogP contribution in [0.3, 0.4) is 0 Å². The summed E-state index contributed by atoms with van der Waals surface area (Å²) in [4.78, 5) is 0. The summed E-state index contributed by atoms with van der Waals surface area (Å²) in [6.07, 6.45) is 2.77. The Morgan fingerprint density at radius 3 is 3.13 bits per heavy atom. The second-order valence-electron chi connectivity index (χ2n) is 3.59. The largest absolute Gasteiger partial charge is 0.469 e. The van der Waals surface area contributed by atoms with E-state index in [9.17, 15) is 0 Å². The van der Waals surface area contributed by atoms with Crippen molar-refractivity contribution in [3.8, 4) is 0 Å². The summed E-state index contributed by atoms with van der Waals surface area (Å²) in [5, 5.41) is 5.63. The molecule has 1 N–H and O–H groups in total. The lowest BCUT2D eigenvalue weighted by atomic mass is 9.97. The molecule has 2 aromatic rings. The van der Waals surface area contributed by atoms with Gasteiger partial charge in [0.05, 0.1) is 16.1 Å². The van der Waals surface area contributed by atoms with Crippen molar-refractivity contribution in [3.05, 3.63) is 44.4 Å². The van der Waals surface area contributed by atoms with E-state index in [0.29, 0.717) is 0 Å². The number of hydrogen-bond acceptors (Lipinski definition) is 3. The van der Waals surface area contributed by atoms with Gasteiger partial charge in [0.15, 0.2) is 0 Å². The quantitative estimate of drug-likeness (QED) is 0.869. The second-order valence-corrected chi connectivity index (χ2v) is 5.82. The van der Waals surface area contributed by atoms with Crippen LogP contribution in [0.25, 0.3) is 0 Å². The van der Waals surface area contributed by atoms with Gasteiger partial charge in [-0.15, -0.1) is 11.3 Å². The molecule has 0 saturated heterocycles. The van der Waals surface area contributed by atoms with Gasteiger partial charge in [-0.1, -0.05) is 0 Å². The van der Waals surface area contributed by atoms with E-state index in [4.69, 9.17) is 4.42 Å². The fraction of sp³-hybridized carbons (Fsp3) is 0.273. The molecule has 0 aliphatic carbocycles. The van der Waals surface area contributed by atoms with Gasteiger partial charge in [-0.3, -0.25) is 0 Å². The highest BCUT2D eigenvalue weighted by Gasteiger charge is 2.25. The minimum absolute atomic E-state index is 0.285. The van der Waals surface area contributed by atoms with E-state index in [2.05, 4.69) is 38.8 Å². The molecule has 78 valence electrons. The molecule has 15 heavy (non-hydrogen) atoms. The molecule has 3 heterocycles. The summed E-state index contributed by atoms with van der Waals surface area (Å²) in [5.41, 5.74) is 2.59.